The zero-order valence-corrected chi connectivity index (χ0v) is 14.5. The number of aliphatic imine (C=N–C) groups is 1. The molecule has 126 valence electrons. The normalized spacial score (nSPS) is 19.8. The molecule has 1 aromatic carbocycles. The molecule has 3 rings (SSSR count). The van der Waals surface area contributed by atoms with Gasteiger partial charge < -0.3 is 9.80 Å². The molecule has 2 aliphatic heterocycles. The largest absolute Gasteiger partial charge is 0.362 e. The molecule has 1 saturated heterocycles. The summed E-state index contributed by atoms with van der Waals surface area (Å²) in [5, 5.41) is 21.3. The zero-order valence-electron chi connectivity index (χ0n) is 13.7. The van der Waals surface area contributed by atoms with Gasteiger partial charge in [0.15, 0.2) is 5.17 Å². The van der Waals surface area contributed by atoms with Crippen molar-refractivity contribution in [2.24, 2.45) is 4.99 Å². The van der Waals surface area contributed by atoms with Crippen molar-refractivity contribution in [2.45, 2.75) is 18.6 Å². The van der Waals surface area contributed by atoms with Crippen LogP contribution >= 0.6 is 11.8 Å². The van der Waals surface area contributed by atoms with Gasteiger partial charge in [-0.2, -0.15) is 5.26 Å². The molecule has 24 heavy (non-hydrogen) atoms. The molecule has 0 radical (unpaired) electrons. The van der Waals surface area contributed by atoms with Crippen LogP contribution in [0.3, 0.4) is 0 Å². The molecular formula is C16H19N5O2S. The van der Waals surface area contributed by atoms with Crippen LogP contribution in [0.5, 0.6) is 0 Å². The van der Waals surface area contributed by atoms with Crippen LogP contribution in [0.4, 0.5) is 11.4 Å². The number of anilines is 1. The van der Waals surface area contributed by atoms with Crippen LogP contribution < -0.4 is 4.90 Å². The molecule has 8 heteroatoms. The summed E-state index contributed by atoms with van der Waals surface area (Å²) >= 11 is 1.80. The van der Waals surface area contributed by atoms with Gasteiger partial charge in [-0.05, 0) is 26.0 Å². The number of nitrogens with zero attached hydrogens (tertiary/aromatic N) is 5. The van der Waals surface area contributed by atoms with Gasteiger partial charge in [0.05, 0.1) is 23.1 Å². The van der Waals surface area contributed by atoms with Gasteiger partial charge in [0.1, 0.15) is 5.69 Å². The van der Waals surface area contributed by atoms with Crippen LogP contribution in [-0.4, -0.2) is 52.5 Å². The molecular weight excluding hydrogens is 326 g/mol. The third-order valence-corrected chi connectivity index (χ3v) is 5.41. The Bertz CT molecular complexity index is 732. The molecule has 0 saturated carbocycles. The number of nitro benzene ring substituents is 1. The molecule has 0 unspecified atom stereocenters. The predicted molar refractivity (Wildman–Crippen MR) is 95.6 cm³/mol. The van der Waals surface area contributed by atoms with E-state index in [9.17, 15) is 10.1 Å². The first-order valence-corrected chi connectivity index (χ1v) is 8.63. The average Bonchev–Trinajstić information content (AvgIpc) is 2.94. The summed E-state index contributed by atoms with van der Waals surface area (Å²) in [6.07, 6.45) is 0. The van der Waals surface area contributed by atoms with E-state index in [1.807, 2.05) is 11.0 Å². The van der Waals surface area contributed by atoms with Gasteiger partial charge in [0.2, 0.25) is 0 Å². The maximum Gasteiger partial charge on any atom is 0.293 e. The topological polar surface area (TPSA) is 85.8 Å². The molecule has 7 nitrogen and oxygen atoms in total. The molecule has 1 fully saturated rings. The summed E-state index contributed by atoms with van der Waals surface area (Å²) in [5.41, 5.74) is 0.888. The SMILES string of the molecule is CC1(C)CN=C(N2CCN(c3ccc(C#N)cc3[N+](=O)[O-])CC2)S1. The highest BCUT2D eigenvalue weighted by molar-refractivity contribution is 8.15. The van der Waals surface area contributed by atoms with Gasteiger partial charge >= 0.3 is 0 Å². The first-order valence-electron chi connectivity index (χ1n) is 7.81. The number of nitriles is 1. The monoisotopic (exact) mass is 345 g/mol. The van der Waals surface area contributed by atoms with Crippen molar-refractivity contribution in [1.29, 1.82) is 5.26 Å². The lowest BCUT2D eigenvalue weighted by Crippen LogP contribution is -2.48. The molecule has 0 aromatic heterocycles. The lowest BCUT2D eigenvalue weighted by molar-refractivity contribution is -0.384. The zero-order chi connectivity index (χ0) is 17.3. The quantitative estimate of drug-likeness (QED) is 0.604. The minimum absolute atomic E-state index is 0.00350. The number of thioether (sulfide) groups is 1. The Morgan fingerprint density at radius 3 is 2.50 bits per heavy atom. The number of benzene rings is 1. The van der Waals surface area contributed by atoms with Crippen molar-refractivity contribution in [3.05, 3.63) is 33.9 Å². The van der Waals surface area contributed by atoms with Crippen LogP contribution in [0.15, 0.2) is 23.2 Å². The minimum Gasteiger partial charge on any atom is -0.362 e. The predicted octanol–water partition coefficient (Wildman–Crippen LogP) is 2.47. The van der Waals surface area contributed by atoms with E-state index >= 15 is 0 Å². The fourth-order valence-electron chi connectivity index (χ4n) is 2.88. The smallest absolute Gasteiger partial charge is 0.293 e. The van der Waals surface area contributed by atoms with Crippen LogP contribution in [0.25, 0.3) is 0 Å². The van der Waals surface area contributed by atoms with E-state index in [0.717, 1.165) is 24.8 Å². The van der Waals surface area contributed by atoms with Gasteiger partial charge in [-0.1, -0.05) is 11.8 Å². The van der Waals surface area contributed by atoms with Gasteiger partial charge in [0, 0.05) is 37.0 Å². The van der Waals surface area contributed by atoms with Crippen molar-refractivity contribution < 1.29 is 4.92 Å². The fraction of sp³-hybridized carbons (Fsp3) is 0.500. The number of hydrogen-bond acceptors (Lipinski definition) is 7. The lowest BCUT2D eigenvalue weighted by atomic mass is 10.1. The molecule has 0 amide bonds. The van der Waals surface area contributed by atoms with Crippen LogP contribution in [-0.2, 0) is 0 Å². The maximum absolute atomic E-state index is 11.3. The van der Waals surface area contributed by atoms with E-state index in [0.29, 0.717) is 24.3 Å². The number of hydrogen-bond donors (Lipinski definition) is 0. The second-order valence-corrected chi connectivity index (χ2v) is 8.18. The Kier molecular flexibility index (Phi) is 4.37. The number of rotatable bonds is 2. The van der Waals surface area contributed by atoms with Crippen molar-refractivity contribution in [3.63, 3.8) is 0 Å². The summed E-state index contributed by atoms with van der Waals surface area (Å²) in [4.78, 5) is 19.8. The summed E-state index contributed by atoms with van der Waals surface area (Å²) in [6, 6.07) is 6.61. The lowest BCUT2D eigenvalue weighted by Gasteiger charge is -2.37. The Hall–Kier alpha value is -2.27. The molecule has 0 aliphatic carbocycles. The van der Waals surface area contributed by atoms with Crippen molar-refractivity contribution >= 4 is 28.3 Å². The summed E-state index contributed by atoms with van der Waals surface area (Å²) in [7, 11) is 0. The Labute approximate surface area is 145 Å². The second kappa shape index (κ2) is 6.32. The molecule has 0 bridgehead atoms. The van der Waals surface area contributed by atoms with E-state index in [-0.39, 0.29) is 10.4 Å². The van der Waals surface area contributed by atoms with Gasteiger partial charge in [0.25, 0.3) is 5.69 Å². The van der Waals surface area contributed by atoms with Crippen LogP contribution in [0, 0.1) is 21.4 Å². The highest BCUT2D eigenvalue weighted by Crippen LogP contribution is 2.35. The minimum atomic E-state index is -0.415. The molecule has 2 heterocycles. The van der Waals surface area contributed by atoms with E-state index < -0.39 is 4.92 Å². The van der Waals surface area contributed by atoms with E-state index in [1.54, 1.807) is 23.9 Å². The molecule has 2 aliphatic rings. The van der Waals surface area contributed by atoms with E-state index in [4.69, 9.17) is 5.26 Å². The number of amidine groups is 1. The number of piperazine rings is 1. The summed E-state index contributed by atoms with van der Waals surface area (Å²) < 4.78 is 0.151. The van der Waals surface area contributed by atoms with Crippen molar-refractivity contribution in [1.82, 2.24) is 4.90 Å². The van der Waals surface area contributed by atoms with E-state index in [1.165, 1.54) is 6.07 Å². The van der Waals surface area contributed by atoms with Gasteiger partial charge in [-0.15, -0.1) is 0 Å². The Morgan fingerprint density at radius 1 is 1.29 bits per heavy atom. The van der Waals surface area contributed by atoms with Crippen molar-refractivity contribution in [3.8, 4) is 6.07 Å². The first-order chi connectivity index (χ1) is 11.4. The first kappa shape index (κ1) is 16.6. The maximum atomic E-state index is 11.3. The second-order valence-electron chi connectivity index (χ2n) is 6.51. The van der Waals surface area contributed by atoms with Crippen LogP contribution in [0.1, 0.15) is 19.4 Å². The number of nitro groups is 1. The average molecular weight is 345 g/mol. The van der Waals surface area contributed by atoms with Crippen molar-refractivity contribution in [2.75, 3.05) is 37.6 Å². The molecule has 0 atom stereocenters. The third kappa shape index (κ3) is 3.31. The standard InChI is InChI=1S/C16H19N5O2S/c1-16(2)11-18-15(24-16)20-7-5-19(6-8-20)13-4-3-12(10-17)9-14(13)21(22)23/h3-4,9H,5-8,11H2,1-2H3. The van der Waals surface area contributed by atoms with Crippen LogP contribution in [0.2, 0.25) is 0 Å². The highest BCUT2D eigenvalue weighted by atomic mass is 32.2. The fourth-order valence-corrected chi connectivity index (χ4v) is 3.94. The third-order valence-electron chi connectivity index (χ3n) is 4.15. The van der Waals surface area contributed by atoms with Gasteiger partial charge in [-0.25, -0.2) is 0 Å². The molecule has 1 aromatic rings. The highest BCUT2D eigenvalue weighted by Gasteiger charge is 2.32. The Morgan fingerprint density at radius 2 is 1.96 bits per heavy atom. The van der Waals surface area contributed by atoms with Gasteiger partial charge in [-0.3, -0.25) is 15.1 Å². The molecule has 0 N–H and O–H groups in total. The Balaban J connectivity index is 1.71. The summed E-state index contributed by atoms with van der Waals surface area (Å²) in [6.45, 7) is 8.18. The van der Waals surface area contributed by atoms with E-state index in [2.05, 4.69) is 23.7 Å². The summed E-state index contributed by atoms with van der Waals surface area (Å²) in [5.74, 6) is 0. The molecule has 0 spiro atoms.